The first-order valence-electron chi connectivity index (χ1n) is 10.4. The van der Waals surface area contributed by atoms with Gasteiger partial charge in [0.25, 0.3) is 5.91 Å². The highest BCUT2D eigenvalue weighted by Gasteiger charge is 2.33. The molecule has 1 saturated heterocycles. The molecule has 1 aliphatic carbocycles. The van der Waals surface area contributed by atoms with Crippen LogP contribution in [-0.2, 0) is 11.3 Å². The lowest BCUT2D eigenvalue weighted by atomic mass is 10.1. The number of amides is 1. The van der Waals surface area contributed by atoms with Gasteiger partial charge in [-0.1, -0.05) is 29.8 Å². The molecule has 2 aromatic rings. The largest absolute Gasteiger partial charge is 0.491 e. The van der Waals surface area contributed by atoms with Crippen molar-refractivity contribution in [3.05, 3.63) is 65.2 Å². The molecule has 1 amide bonds. The van der Waals surface area contributed by atoms with E-state index in [9.17, 15) is 4.79 Å². The van der Waals surface area contributed by atoms with Gasteiger partial charge in [0, 0.05) is 24.8 Å². The molecule has 4 nitrogen and oxygen atoms in total. The first-order valence-corrected chi connectivity index (χ1v) is 10.4. The molecule has 2 aromatic carbocycles. The zero-order valence-electron chi connectivity index (χ0n) is 16.6. The van der Waals surface area contributed by atoms with Crippen LogP contribution in [0.3, 0.4) is 0 Å². The molecule has 0 aromatic heterocycles. The SMILES string of the molecule is Cc1ccc(C(=O)N(Cc2cccc(OCC3CCCCO3)c2)C2CC2)cc1. The number of benzene rings is 2. The van der Waals surface area contributed by atoms with Crippen LogP contribution in [0, 0.1) is 6.92 Å². The summed E-state index contributed by atoms with van der Waals surface area (Å²) in [5, 5.41) is 0. The minimum absolute atomic E-state index is 0.115. The minimum atomic E-state index is 0.115. The van der Waals surface area contributed by atoms with Gasteiger partial charge in [0.05, 0.1) is 6.10 Å². The topological polar surface area (TPSA) is 38.8 Å². The number of carbonyl (C=O) groups excluding carboxylic acids is 1. The first kappa shape index (κ1) is 19.0. The van der Waals surface area contributed by atoms with Crippen LogP contribution >= 0.6 is 0 Å². The molecule has 1 unspecified atom stereocenters. The van der Waals surface area contributed by atoms with E-state index in [4.69, 9.17) is 9.47 Å². The van der Waals surface area contributed by atoms with Gasteiger partial charge in [0.15, 0.2) is 0 Å². The number of nitrogens with zero attached hydrogens (tertiary/aromatic N) is 1. The van der Waals surface area contributed by atoms with Gasteiger partial charge in [-0.2, -0.15) is 0 Å². The standard InChI is InChI=1S/C24H29NO3/c1-18-8-10-20(11-9-18)24(26)25(21-12-13-21)16-19-5-4-7-22(15-19)28-17-23-6-2-3-14-27-23/h4-5,7-11,15,21,23H,2-3,6,12-14,16-17H2,1H3. The van der Waals surface area contributed by atoms with E-state index in [0.717, 1.165) is 49.2 Å². The van der Waals surface area contributed by atoms with E-state index in [-0.39, 0.29) is 12.0 Å². The molecule has 0 spiro atoms. The zero-order valence-corrected chi connectivity index (χ0v) is 16.6. The lowest BCUT2D eigenvalue weighted by Gasteiger charge is -2.24. The second kappa shape index (κ2) is 8.78. The van der Waals surface area contributed by atoms with Crippen molar-refractivity contribution in [1.29, 1.82) is 0 Å². The van der Waals surface area contributed by atoms with Gasteiger partial charge in [0.1, 0.15) is 12.4 Å². The Morgan fingerprint density at radius 2 is 1.93 bits per heavy atom. The van der Waals surface area contributed by atoms with Crippen LogP contribution in [0.2, 0.25) is 0 Å². The highest BCUT2D eigenvalue weighted by molar-refractivity contribution is 5.94. The first-order chi connectivity index (χ1) is 13.7. The van der Waals surface area contributed by atoms with Crippen LogP contribution in [0.25, 0.3) is 0 Å². The average molecular weight is 380 g/mol. The number of ether oxygens (including phenoxy) is 2. The predicted molar refractivity (Wildman–Crippen MR) is 110 cm³/mol. The van der Waals surface area contributed by atoms with Crippen molar-refractivity contribution in [2.75, 3.05) is 13.2 Å². The lowest BCUT2D eigenvalue weighted by Crippen LogP contribution is -2.32. The second-order valence-corrected chi connectivity index (χ2v) is 7.98. The van der Waals surface area contributed by atoms with Crippen molar-refractivity contribution < 1.29 is 14.3 Å². The molecule has 4 rings (SSSR count). The third kappa shape index (κ3) is 4.93. The molecule has 0 bridgehead atoms. The summed E-state index contributed by atoms with van der Waals surface area (Å²) in [5.74, 6) is 0.967. The Bertz CT molecular complexity index is 792. The van der Waals surface area contributed by atoms with Gasteiger partial charge in [-0.15, -0.1) is 0 Å². The zero-order chi connectivity index (χ0) is 19.3. The van der Waals surface area contributed by atoms with Gasteiger partial charge in [-0.25, -0.2) is 0 Å². The highest BCUT2D eigenvalue weighted by Crippen LogP contribution is 2.30. The summed E-state index contributed by atoms with van der Waals surface area (Å²) >= 11 is 0. The summed E-state index contributed by atoms with van der Waals surface area (Å²) in [4.78, 5) is 15.0. The Hall–Kier alpha value is -2.33. The maximum Gasteiger partial charge on any atom is 0.254 e. The molecular weight excluding hydrogens is 350 g/mol. The van der Waals surface area contributed by atoms with Crippen molar-refractivity contribution in [2.45, 2.75) is 57.7 Å². The monoisotopic (exact) mass is 379 g/mol. The van der Waals surface area contributed by atoms with Crippen LogP contribution in [0.1, 0.15) is 53.6 Å². The van der Waals surface area contributed by atoms with E-state index in [2.05, 4.69) is 12.1 Å². The van der Waals surface area contributed by atoms with Crippen molar-refractivity contribution in [2.24, 2.45) is 0 Å². The van der Waals surface area contributed by atoms with Gasteiger partial charge >= 0.3 is 0 Å². The van der Waals surface area contributed by atoms with Gasteiger partial charge in [-0.3, -0.25) is 4.79 Å². The fourth-order valence-corrected chi connectivity index (χ4v) is 3.67. The molecule has 1 saturated carbocycles. The number of aryl methyl sites for hydroxylation is 1. The lowest BCUT2D eigenvalue weighted by molar-refractivity contribution is -0.0110. The van der Waals surface area contributed by atoms with Gasteiger partial charge in [0.2, 0.25) is 0 Å². The molecule has 4 heteroatoms. The molecule has 148 valence electrons. The maximum atomic E-state index is 13.0. The van der Waals surface area contributed by atoms with E-state index in [0.29, 0.717) is 19.2 Å². The molecule has 1 atom stereocenters. The van der Waals surface area contributed by atoms with Crippen LogP contribution < -0.4 is 4.74 Å². The Labute approximate surface area is 167 Å². The average Bonchev–Trinajstić information content (AvgIpc) is 3.57. The number of hydrogen-bond acceptors (Lipinski definition) is 3. The molecule has 2 aliphatic rings. The third-order valence-electron chi connectivity index (χ3n) is 5.51. The smallest absolute Gasteiger partial charge is 0.254 e. The van der Waals surface area contributed by atoms with Crippen molar-refractivity contribution >= 4 is 5.91 Å². The summed E-state index contributed by atoms with van der Waals surface area (Å²) in [6.07, 6.45) is 5.81. The quantitative estimate of drug-likeness (QED) is 0.697. The summed E-state index contributed by atoms with van der Waals surface area (Å²) in [6.45, 7) is 4.09. The van der Waals surface area contributed by atoms with Gasteiger partial charge in [-0.05, 0) is 68.9 Å². The Morgan fingerprint density at radius 1 is 1.11 bits per heavy atom. The summed E-state index contributed by atoms with van der Waals surface area (Å²) in [5.41, 5.74) is 3.04. The Balaban J connectivity index is 1.41. The number of rotatable bonds is 7. The molecule has 0 N–H and O–H groups in total. The second-order valence-electron chi connectivity index (χ2n) is 7.98. The molecule has 0 radical (unpaired) electrons. The van der Waals surface area contributed by atoms with Crippen molar-refractivity contribution in [3.63, 3.8) is 0 Å². The Morgan fingerprint density at radius 3 is 2.64 bits per heavy atom. The normalized spacial score (nSPS) is 19.2. The molecular formula is C24H29NO3. The van der Waals surface area contributed by atoms with Crippen molar-refractivity contribution in [3.8, 4) is 5.75 Å². The van der Waals surface area contributed by atoms with Crippen LogP contribution in [0.4, 0.5) is 0 Å². The summed E-state index contributed by atoms with van der Waals surface area (Å²) in [6, 6.07) is 16.3. The van der Waals surface area contributed by atoms with Crippen LogP contribution in [-0.4, -0.2) is 36.2 Å². The van der Waals surface area contributed by atoms with Crippen LogP contribution in [0.5, 0.6) is 5.75 Å². The Kier molecular flexibility index (Phi) is 5.96. The van der Waals surface area contributed by atoms with E-state index >= 15 is 0 Å². The van der Waals surface area contributed by atoms with E-state index in [1.165, 1.54) is 12.0 Å². The van der Waals surface area contributed by atoms with Gasteiger partial charge < -0.3 is 14.4 Å². The van der Waals surface area contributed by atoms with E-state index in [1.807, 2.05) is 48.2 Å². The summed E-state index contributed by atoms with van der Waals surface area (Å²) < 4.78 is 11.7. The number of hydrogen-bond donors (Lipinski definition) is 0. The minimum Gasteiger partial charge on any atom is -0.491 e. The van der Waals surface area contributed by atoms with E-state index in [1.54, 1.807) is 0 Å². The molecule has 1 heterocycles. The summed E-state index contributed by atoms with van der Waals surface area (Å²) in [7, 11) is 0. The predicted octanol–water partition coefficient (Wildman–Crippen LogP) is 4.75. The fourth-order valence-electron chi connectivity index (χ4n) is 3.67. The van der Waals surface area contributed by atoms with E-state index < -0.39 is 0 Å². The third-order valence-corrected chi connectivity index (χ3v) is 5.51. The molecule has 1 aliphatic heterocycles. The molecule has 28 heavy (non-hydrogen) atoms. The maximum absolute atomic E-state index is 13.0. The van der Waals surface area contributed by atoms with Crippen molar-refractivity contribution in [1.82, 2.24) is 4.90 Å². The van der Waals surface area contributed by atoms with Crippen LogP contribution in [0.15, 0.2) is 48.5 Å². The fraction of sp³-hybridized carbons (Fsp3) is 0.458. The highest BCUT2D eigenvalue weighted by atomic mass is 16.5. The number of carbonyl (C=O) groups is 1. The molecule has 2 fully saturated rings.